The fourth-order valence-electron chi connectivity index (χ4n) is 2.16. The summed E-state index contributed by atoms with van der Waals surface area (Å²) in [4.78, 5) is 22.5. The second kappa shape index (κ2) is 5.96. The molecular weight excluding hydrogens is 270 g/mol. The van der Waals surface area contributed by atoms with E-state index in [1.54, 1.807) is 0 Å². The van der Waals surface area contributed by atoms with Crippen LogP contribution in [-0.4, -0.2) is 30.1 Å². The minimum absolute atomic E-state index is 0.178. The molecule has 7 heteroatoms. The number of hydrogen-bond acceptors (Lipinski definition) is 3. The molecule has 1 aromatic rings. The van der Waals surface area contributed by atoms with Gasteiger partial charge in [-0.15, -0.1) is 0 Å². The molecule has 0 aromatic heterocycles. The first kappa shape index (κ1) is 14.4. The van der Waals surface area contributed by atoms with Crippen LogP contribution in [0, 0.1) is 17.6 Å². The largest absolute Gasteiger partial charge is 0.478 e. The van der Waals surface area contributed by atoms with E-state index in [1.165, 1.54) is 0 Å². The van der Waals surface area contributed by atoms with Crippen LogP contribution < -0.4 is 10.6 Å². The van der Waals surface area contributed by atoms with Gasteiger partial charge in [0.1, 0.15) is 11.6 Å². The molecule has 1 aromatic carbocycles. The Morgan fingerprint density at radius 1 is 1.35 bits per heavy atom. The van der Waals surface area contributed by atoms with Gasteiger partial charge in [-0.2, -0.15) is 0 Å². The highest BCUT2D eigenvalue weighted by Gasteiger charge is 2.20. The van der Waals surface area contributed by atoms with E-state index >= 15 is 0 Å². The van der Waals surface area contributed by atoms with Gasteiger partial charge in [0, 0.05) is 12.5 Å². The maximum Gasteiger partial charge on any atom is 0.338 e. The van der Waals surface area contributed by atoms with Gasteiger partial charge in [-0.3, -0.25) is 4.79 Å². The minimum Gasteiger partial charge on any atom is -0.478 e. The highest BCUT2D eigenvalue weighted by atomic mass is 19.1. The Bertz CT molecular complexity index is 543. The van der Waals surface area contributed by atoms with Crippen LogP contribution in [0.25, 0.3) is 0 Å². The summed E-state index contributed by atoms with van der Waals surface area (Å²) < 4.78 is 26.7. The molecule has 0 bridgehead atoms. The van der Waals surface area contributed by atoms with Crippen molar-refractivity contribution in [3.8, 4) is 0 Å². The number of amides is 1. The molecule has 1 fully saturated rings. The maximum atomic E-state index is 13.5. The van der Waals surface area contributed by atoms with Crippen molar-refractivity contribution >= 4 is 17.6 Å². The average molecular weight is 284 g/mol. The first-order valence-corrected chi connectivity index (χ1v) is 6.20. The number of carbonyl (C=O) groups excluding carboxylic acids is 1. The van der Waals surface area contributed by atoms with Gasteiger partial charge in [-0.1, -0.05) is 0 Å². The predicted octanol–water partition coefficient (Wildman–Crippen LogP) is 1.60. The number of carboxylic acid groups (broad SMARTS) is 1. The smallest absolute Gasteiger partial charge is 0.338 e. The molecular formula is C13H14F2N2O3. The average Bonchev–Trinajstić information content (AvgIpc) is 2.84. The molecule has 1 saturated heterocycles. The SMILES string of the molecule is O=C(CC1CCNC1)Nc1cc(C(=O)O)c(F)cc1F. The standard InChI is InChI=1S/C13H14F2N2O3/c14-9-5-10(15)11(4-8(9)13(19)20)17-12(18)3-7-1-2-16-6-7/h4-5,7,16H,1-3,6H2,(H,17,18)(H,19,20). The van der Waals surface area contributed by atoms with E-state index in [0.717, 1.165) is 25.6 Å². The number of nitrogens with one attached hydrogen (secondary N) is 2. The Labute approximate surface area is 114 Å². The molecule has 1 atom stereocenters. The van der Waals surface area contributed by atoms with E-state index in [9.17, 15) is 18.4 Å². The van der Waals surface area contributed by atoms with Crippen molar-refractivity contribution in [2.45, 2.75) is 12.8 Å². The van der Waals surface area contributed by atoms with E-state index in [1.807, 2.05) is 0 Å². The van der Waals surface area contributed by atoms with Crippen LogP contribution in [0.2, 0.25) is 0 Å². The summed E-state index contributed by atoms with van der Waals surface area (Å²) in [6, 6.07) is 1.24. The maximum absolute atomic E-state index is 13.5. The van der Waals surface area contributed by atoms with Crippen molar-refractivity contribution in [3.05, 3.63) is 29.3 Å². The lowest BCUT2D eigenvalue weighted by molar-refractivity contribution is -0.117. The zero-order chi connectivity index (χ0) is 14.7. The fraction of sp³-hybridized carbons (Fsp3) is 0.385. The summed E-state index contributed by atoms with van der Waals surface area (Å²) in [6.45, 7) is 1.56. The third-order valence-electron chi connectivity index (χ3n) is 3.20. The van der Waals surface area contributed by atoms with E-state index in [2.05, 4.69) is 10.6 Å². The number of benzene rings is 1. The number of aromatic carboxylic acids is 1. The topological polar surface area (TPSA) is 78.4 Å². The third kappa shape index (κ3) is 3.30. The second-order valence-corrected chi connectivity index (χ2v) is 4.73. The molecule has 3 N–H and O–H groups in total. The van der Waals surface area contributed by atoms with Gasteiger partial charge in [-0.05, 0) is 31.5 Å². The van der Waals surface area contributed by atoms with Crippen LogP contribution in [0.15, 0.2) is 12.1 Å². The highest BCUT2D eigenvalue weighted by Crippen LogP contribution is 2.21. The zero-order valence-electron chi connectivity index (χ0n) is 10.6. The van der Waals surface area contributed by atoms with E-state index in [-0.39, 0.29) is 18.0 Å². The van der Waals surface area contributed by atoms with Crippen molar-refractivity contribution in [2.24, 2.45) is 5.92 Å². The number of carbonyl (C=O) groups is 2. The Morgan fingerprint density at radius 2 is 2.10 bits per heavy atom. The van der Waals surface area contributed by atoms with Gasteiger partial charge < -0.3 is 15.7 Å². The molecule has 108 valence electrons. The normalized spacial score (nSPS) is 18.0. The molecule has 2 rings (SSSR count). The van der Waals surface area contributed by atoms with Crippen LogP contribution >= 0.6 is 0 Å². The van der Waals surface area contributed by atoms with Crippen molar-refractivity contribution in [1.82, 2.24) is 5.32 Å². The van der Waals surface area contributed by atoms with Crippen LogP contribution in [0.4, 0.5) is 14.5 Å². The Morgan fingerprint density at radius 3 is 2.70 bits per heavy atom. The Kier molecular flexibility index (Phi) is 4.29. The van der Waals surface area contributed by atoms with Gasteiger partial charge >= 0.3 is 5.97 Å². The van der Waals surface area contributed by atoms with Gasteiger partial charge in [0.25, 0.3) is 0 Å². The van der Waals surface area contributed by atoms with Gasteiger partial charge in [0.2, 0.25) is 5.91 Å². The molecule has 1 aliphatic rings. The molecule has 20 heavy (non-hydrogen) atoms. The van der Waals surface area contributed by atoms with Crippen LogP contribution in [0.1, 0.15) is 23.2 Å². The quantitative estimate of drug-likeness (QED) is 0.784. The molecule has 0 spiro atoms. The number of anilines is 1. The molecule has 0 saturated carbocycles. The lowest BCUT2D eigenvalue weighted by Crippen LogP contribution is -2.19. The van der Waals surface area contributed by atoms with Gasteiger partial charge in [0.15, 0.2) is 0 Å². The van der Waals surface area contributed by atoms with E-state index in [4.69, 9.17) is 5.11 Å². The fourth-order valence-corrected chi connectivity index (χ4v) is 2.16. The van der Waals surface area contributed by atoms with Crippen LogP contribution in [0.3, 0.4) is 0 Å². The monoisotopic (exact) mass is 284 g/mol. The second-order valence-electron chi connectivity index (χ2n) is 4.73. The zero-order valence-corrected chi connectivity index (χ0v) is 10.6. The lowest BCUT2D eigenvalue weighted by atomic mass is 10.0. The number of halogens is 2. The molecule has 1 unspecified atom stereocenters. The molecule has 1 heterocycles. The molecule has 5 nitrogen and oxygen atoms in total. The van der Waals surface area contributed by atoms with Crippen molar-refractivity contribution in [3.63, 3.8) is 0 Å². The first-order chi connectivity index (χ1) is 9.47. The van der Waals surface area contributed by atoms with E-state index in [0.29, 0.717) is 6.07 Å². The third-order valence-corrected chi connectivity index (χ3v) is 3.20. The van der Waals surface area contributed by atoms with Crippen molar-refractivity contribution in [1.29, 1.82) is 0 Å². The number of rotatable bonds is 4. The molecule has 0 aliphatic carbocycles. The van der Waals surface area contributed by atoms with Crippen molar-refractivity contribution < 1.29 is 23.5 Å². The van der Waals surface area contributed by atoms with Crippen molar-refractivity contribution in [2.75, 3.05) is 18.4 Å². The highest BCUT2D eigenvalue weighted by molar-refractivity contribution is 5.94. The predicted molar refractivity (Wildman–Crippen MR) is 67.5 cm³/mol. The molecule has 0 radical (unpaired) electrons. The number of hydrogen-bond donors (Lipinski definition) is 3. The summed E-state index contributed by atoms with van der Waals surface area (Å²) >= 11 is 0. The lowest BCUT2D eigenvalue weighted by Gasteiger charge is -2.10. The van der Waals surface area contributed by atoms with Crippen LogP contribution in [0.5, 0.6) is 0 Å². The Balaban J connectivity index is 2.09. The summed E-state index contributed by atoms with van der Waals surface area (Å²) in [7, 11) is 0. The summed E-state index contributed by atoms with van der Waals surface area (Å²) in [5.41, 5.74) is -0.996. The molecule has 1 aliphatic heterocycles. The number of carboxylic acids is 1. The van der Waals surface area contributed by atoms with Gasteiger partial charge in [0.05, 0.1) is 11.3 Å². The summed E-state index contributed by atoms with van der Waals surface area (Å²) in [6.07, 6.45) is 1.08. The Hall–Kier alpha value is -2.02. The van der Waals surface area contributed by atoms with Crippen LogP contribution in [-0.2, 0) is 4.79 Å². The molecule has 1 amide bonds. The first-order valence-electron chi connectivity index (χ1n) is 6.20. The van der Waals surface area contributed by atoms with E-state index < -0.39 is 29.1 Å². The summed E-state index contributed by atoms with van der Waals surface area (Å²) in [5.74, 6) is -3.92. The van der Waals surface area contributed by atoms with Gasteiger partial charge in [-0.25, -0.2) is 13.6 Å². The minimum atomic E-state index is -1.52. The summed E-state index contributed by atoms with van der Waals surface area (Å²) in [5, 5.41) is 14.2.